The van der Waals surface area contributed by atoms with Crippen LogP contribution in [-0.4, -0.2) is 22.8 Å². The summed E-state index contributed by atoms with van der Waals surface area (Å²) in [6, 6.07) is 8.37. The van der Waals surface area contributed by atoms with E-state index in [4.69, 9.17) is 0 Å². The van der Waals surface area contributed by atoms with E-state index in [0.717, 1.165) is 39.4 Å². The molecule has 0 saturated heterocycles. The Labute approximate surface area is 138 Å². The Hall–Kier alpha value is -0.820. The second kappa shape index (κ2) is 7.26. The molecular weight excluding hydrogens is 381 g/mol. The van der Waals surface area contributed by atoms with E-state index in [2.05, 4.69) is 75.3 Å². The highest BCUT2D eigenvalue weighted by molar-refractivity contribution is 14.1. The van der Waals surface area contributed by atoms with Crippen LogP contribution in [-0.2, 0) is 0 Å². The van der Waals surface area contributed by atoms with Crippen molar-refractivity contribution in [2.24, 2.45) is 0 Å². The van der Waals surface area contributed by atoms with Gasteiger partial charge in [-0.15, -0.1) is 11.8 Å². The third-order valence-electron chi connectivity index (χ3n) is 2.91. The van der Waals surface area contributed by atoms with Gasteiger partial charge in [0.05, 0.1) is 9.26 Å². The molecule has 2 rings (SSSR count). The third-order valence-corrected chi connectivity index (χ3v) is 4.94. The molecule has 0 unspecified atom stereocenters. The van der Waals surface area contributed by atoms with E-state index >= 15 is 0 Å². The second-order valence-electron chi connectivity index (χ2n) is 4.45. The Morgan fingerprint density at radius 2 is 1.90 bits per heavy atom. The van der Waals surface area contributed by atoms with Crippen molar-refractivity contribution in [2.45, 2.75) is 25.2 Å². The van der Waals surface area contributed by atoms with Gasteiger partial charge in [-0.25, -0.2) is 9.97 Å². The van der Waals surface area contributed by atoms with Crippen LogP contribution in [0, 0.1) is 10.5 Å². The Morgan fingerprint density at radius 1 is 1.20 bits per heavy atom. The van der Waals surface area contributed by atoms with Gasteiger partial charge in [0, 0.05) is 17.0 Å². The fraction of sp³-hybridized carbons (Fsp3) is 0.333. The van der Waals surface area contributed by atoms with Crippen molar-refractivity contribution in [3.05, 3.63) is 33.5 Å². The minimum atomic E-state index is 0.786. The van der Waals surface area contributed by atoms with Gasteiger partial charge < -0.3 is 5.32 Å². The average molecular weight is 399 g/mol. The highest BCUT2D eigenvalue weighted by Crippen LogP contribution is 2.25. The van der Waals surface area contributed by atoms with E-state index in [1.54, 1.807) is 11.8 Å². The molecule has 0 aliphatic carbocycles. The lowest BCUT2D eigenvalue weighted by Gasteiger charge is -2.11. The highest BCUT2D eigenvalue weighted by atomic mass is 127. The lowest BCUT2D eigenvalue weighted by atomic mass is 10.2. The summed E-state index contributed by atoms with van der Waals surface area (Å²) in [4.78, 5) is 10.5. The van der Waals surface area contributed by atoms with Crippen LogP contribution >= 0.6 is 34.4 Å². The molecule has 1 aromatic carbocycles. The summed E-state index contributed by atoms with van der Waals surface area (Å²) in [6.07, 6.45) is 3.16. The minimum absolute atomic E-state index is 0.786. The summed E-state index contributed by atoms with van der Waals surface area (Å²) in [6.45, 7) is 5.10. The van der Waals surface area contributed by atoms with Gasteiger partial charge in [-0.3, -0.25) is 0 Å². The van der Waals surface area contributed by atoms with Gasteiger partial charge in [0.2, 0.25) is 0 Å². The number of aromatic nitrogens is 2. The van der Waals surface area contributed by atoms with Gasteiger partial charge in [-0.1, -0.05) is 19.1 Å². The van der Waals surface area contributed by atoms with E-state index < -0.39 is 0 Å². The van der Waals surface area contributed by atoms with Crippen molar-refractivity contribution in [2.75, 3.05) is 18.1 Å². The molecule has 106 valence electrons. The number of benzene rings is 1. The van der Waals surface area contributed by atoms with Gasteiger partial charge in [-0.2, -0.15) is 0 Å². The number of thioether (sulfide) groups is 1. The number of hydrogen-bond donors (Lipinski definition) is 1. The predicted molar refractivity (Wildman–Crippen MR) is 95.5 cm³/mol. The van der Waals surface area contributed by atoms with Crippen molar-refractivity contribution in [1.29, 1.82) is 0 Å². The molecule has 1 N–H and O–H groups in total. The van der Waals surface area contributed by atoms with Crippen LogP contribution < -0.4 is 5.32 Å². The van der Waals surface area contributed by atoms with Crippen molar-refractivity contribution < 1.29 is 0 Å². The Kier molecular flexibility index (Phi) is 5.65. The number of nitrogens with one attached hydrogen (secondary N) is 1. The largest absolute Gasteiger partial charge is 0.369 e. The van der Waals surface area contributed by atoms with Gasteiger partial charge in [0.15, 0.2) is 5.82 Å². The van der Waals surface area contributed by atoms with Gasteiger partial charge in [0.1, 0.15) is 5.82 Å². The molecule has 1 heterocycles. The number of nitrogens with zero attached hydrogens (tertiary/aromatic N) is 2. The predicted octanol–water partition coefficient (Wildman–Crippen LogP) is 4.60. The number of rotatable bonds is 5. The van der Waals surface area contributed by atoms with Gasteiger partial charge >= 0.3 is 0 Å². The molecule has 0 spiro atoms. The standard InChI is InChI=1S/C15H18IN3S/c1-4-9-17-15-13(16)10(2)18-14(19-15)11-5-7-12(20-3)8-6-11/h5-8H,4,9H2,1-3H3,(H,17,18,19). The third kappa shape index (κ3) is 3.63. The normalized spacial score (nSPS) is 10.6. The van der Waals surface area contributed by atoms with Gasteiger partial charge in [-0.05, 0) is 54.3 Å². The fourth-order valence-corrected chi connectivity index (χ4v) is 2.63. The van der Waals surface area contributed by atoms with Crippen LogP contribution in [0.5, 0.6) is 0 Å². The summed E-state index contributed by atoms with van der Waals surface area (Å²) in [5.41, 5.74) is 2.07. The van der Waals surface area contributed by atoms with Gasteiger partial charge in [0.25, 0.3) is 0 Å². The topological polar surface area (TPSA) is 37.8 Å². The minimum Gasteiger partial charge on any atom is -0.369 e. The van der Waals surface area contributed by atoms with Crippen molar-refractivity contribution in [1.82, 2.24) is 9.97 Å². The summed E-state index contributed by atoms with van der Waals surface area (Å²) < 4.78 is 1.10. The molecule has 0 radical (unpaired) electrons. The molecule has 3 nitrogen and oxygen atoms in total. The maximum absolute atomic E-state index is 4.66. The van der Waals surface area contributed by atoms with Crippen molar-refractivity contribution in [3.8, 4) is 11.4 Å². The van der Waals surface area contributed by atoms with Crippen molar-refractivity contribution >= 4 is 40.2 Å². The number of aryl methyl sites for hydroxylation is 1. The second-order valence-corrected chi connectivity index (χ2v) is 6.41. The van der Waals surface area contributed by atoms with E-state index in [9.17, 15) is 0 Å². The van der Waals surface area contributed by atoms with E-state index in [1.807, 2.05) is 6.92 Å². The first-order valence-corrected chi connectivity index (χ1v) is 8.88. The van der Waals surface area contributed by atoms with Crippen LogP contribution in [0.4, 0.5) is 5.82 Å². The van der Waals surface area contributed by atoms with E-state index in [-0.39, 0.29) is 0 Å². The molecule has 0 saturated carbocycles. The number of hydrogen-bond acceptors (Lipinski definition) is 4. The highest BCUT2D eigenvalue weighted by Gasteiger charge is 2.10. The zero-order valence-corrected chi connectivity index (χ0v) is 14.9. The Bertz CT molecular complexity index is 584. The van der Waals surface area contributed by atoms with E-state index in [1.165, 1.54) is 4.90 Å². The molecule has 0 aliphatic heterocycles. The van der Waals surface area contributed by atoms with Crippen LogP contribution in [0.15, 0.2) is 29.2 Å². The van der Waals surface area contributed by atoms with Crippen LogP contribution in [0.2, 0.25) is 0 Å². The summed E-state index contributed by atoms with van der Waals surface area (Å²) >= 11 is 4.04. The number of anilines is 1. The zero-order valence-electron chi connectivity index (χ0n) is 11.9. The molecular formula is C15H18IN3S. The maximum Gasteiger partial charge on any atom is 0.161 e. The molecule has 0 bridgehead atoms. The lowest BCUT2D eigenvalue weighted by Crippen LogP contribution is -2.07. The molecule has 5 heteroatoms. The molecule has 2 aromatic rings. The quantitative estimate of drug-likeness (QED) is 0.589. The van der Waals surface area contributed by atoms with Crippen LogP contribution in [0.3, 0.4) is 0 Å². The molecule has 1 aromatic heterocycles. The van der Waals surface area contributed by atoms with Crippen molar-refractivity contribution in [3.63, 3.8) is 0 Å². The summed E-state index contributed by atoms with van der Waals surface area (Å²) in [7, 11) is 0. The molecule has 0 amide bonds. The first-order valence-electron chi connectivity index (χ1n) is 6.58. The average Bonchev–Trinajstić information content (AvgIpc) is 2.48. The Balaban J connectivity index is 2.37. The van der Waals surface area contributed by atoms with Crippen LogP contribution in [0.1, 0.15) is 19.0 Å². The summed E-state index contributed by atoms with van der Waals surface area (Å²) in [5.74, 6) is 1.72. The molecule has 0 atom stereocenters. The molecule has 0 fully saturated rings. The summed E-state index contributed by atoms with van der Waals surface area (Å²) in [5, 5.41) is 3.37. The Morgan fingerprint density at radius 3 is 2.50 bits per heavy atom. The fourth-order valence-electron chi connectivity index (χ4n) is 1.79. The smallest absolute Gasteiger partial charge is 0.161 e. The zero-order chi connectivity index (χ0) is 14.5. The van der Waals surface area contributed by atoms with E-state index in [0.29, 0.717) is 0 Å². The monoisotopic (exact) mass is 399 g/mol. The van der Waals surface area contributed by atoms with Crippen LogP contribution in [0.25, 0.3) is 11.4 Å². The SMILES string of the molecule is CCCNc1nc(-c2ccc(SC)cc2)nc(C)c1I. The molecule has 20 heavy (non-hydrogen) atoms. The maximum atomic E-state index is 4.66. The molecule has 0 aliphatic rings. The lowest BCUT2D eigenvalue weighted by molar-refractivity contribution is 0.958. The first kappa shape index (κ1) is 15.6. The first-order chi connectivity index (χ1) is 9.65. The number of halogens is 1.